The molecule has 1 aliphatic rings. The lowest BCUT2D eigenvalue weighted by atomic mass is 9.98. The second kappa shape index (κ2) is 3.80. The lowest BCUT2D eigenvalue weighted by molar-refractivity contribution is 0.512. The van der Waals surface area contributed by atoms with E-state index in [2.05, 4.69) is 12.0 Å². The van der Waals surface area contributed by atoms with Gasteiger partial charge >= 0.3 is 0 Å². The summed E-state index contributed by atoms with van der Waals surface area (Å²) in [7, 11) is 1.94. The van der Waals surface area contributed by atoms with Gasteiger partial charge in [-0.05, 0) is 31.6 Å². The molecule has 0 amide bonds. The summed E-state index contributed by atoms with van der Waals surface area (Å²) in [5.74, 6) is 0.436. The molecule has 3 nitrogen and oxygen atoms in total. The molecule has 1 saturated carbocycles. The molecule has 0 aromatic carbocycles. The normalized spacial score (nSPS) is 20.3. The van der Waals surface area contributed by atoms with Crippen molar-refractivity contribution < 1.29 is 0 Å². The fourth-order valence-corrected chi connectivity index (χ4v) is 2.38. The van der Waals surface area contributed by atoms with Gasteiger partial charge in [0.25, 0.3) is 0 Å². The zero-order chi connectivity index (χ0) is 11.1. The summed E-state index contributed by atoms with van der Waals surface area (Å²) in [6.07, 6.45) is 6.26. The third kappa shape index (κ3) is 2.34. The van der Waals surface area contributed by atoms with E-state index in [1.165, 1.54) is 12.8 Å². The second-order valence-corrected chi connectivity index (χ2v) is 5.21. The standard InChI is InChI=1S/C11H18ClN3/c1-8(3-4-11(13)5-6-11)10-9(12)7-14-15(10)2/h7-8H,3-6,13H2,1-2H3. The van der Waals surface area contributed by atoms with Gasteiger partial charge in [0.05, 0.1) is 16.9 Å². The lowest BCUT2D eigenvalue weighted by Gasteiger charge is -2.15. The highest BCUT2D eigenvalue weighted by molar-refractivity contribution is 6.31. The number of halogens is 1. The fourth-order valence-electron chi connectivity index (χ4n) is 2.03. The number of nitrogens with two attached hydrogens (primary N) is 1. The van der Waals surface area contributed by atoms with E-state index in [4.69, 9.17) is 17.3 Å². The third-order valence-electron chi connectivity index (χ3n) is 3.37. The van der Waals surface area contributed by atoms with E-state index in [1.807, 2.05) is 11.7 Å². The molecule has 4 heteroatoms. The van der Waals surface area contributed by atoms with Crippen LogP contribution in [0, 0.1) is 0 Å². The Bertz CT molecular complexity index is 335. The molecule has 0 radical (unpaired) electrons. The van der Waals surface area contributed by atoms with Crippen molar-refractivity contribution in [1.82, 2.24) is 9.78 Å². The van der Waals surface area contributed by atoms with Gasteiger partial charge in [0.2, 0.25) is 0 Å². The summed E-state index contributed by atoms with van der Waals surface area (Å²) in [5, 5.41) is 4.92. The van der Waals surface area contributed by atoms with Crippen LogP contribution in [0.5, 0.6) is 0 Å². The van der Waals surface area contributed by atoms with Crippen LogP contribution < -0.4 is 5.73 Å². The molecule has 1 aromatic heterocycles. The van der Waals surface area contributed by atoms with E-state index in [-0.39, 0.29) is 5.54 Å². The molecule has 0 spiro atoms. The van der Waals surface area contributed by atoms with Crippen molar-refractivity contribution in [3.63, 3.8) is 0 Å². The quantitative estimate of drug-likeness (QED) is 0.859. The van der Waals surface area contributed by atoms with Crippen LogP contribution >= 0.6 is 11.6 Å². The summed E-state index contributed by atoms with van der Waals surface area (Å²) < 4.78 is 1.86. The molecule has 1 aromatic rings. The van der Waals surface area contributed by atoms with Crippen LogP contribution in [0.15, 0.2) is 6.20 Å². The molecule has 0 bridgehead atoms. The Labute approximate surface area is 95.6 Å². The van der Waals surface area contributed by atoms with E-state index in [0.717, 1.165) is 23.6 Å². The summed E-state index contributed by atoms with van der Waals surface area (Å²) in [4.78, 5) is 0. The monoisotopic (exact) mass is 227 g/mol. The smallest absolute Gasteiger partial charge is 0.0820 e. The Morgan fingerprint density at radius 2 is 2.33 bits per heavy atom. The minimum absolute atomic E-state index is 0.138. The topological polar surface area (TPSA) is 43.8 Å². The predicted octanol–water partition coefficient (Wildman–Crippen LogP) is 2.45. The van der Waals surface area contributed by atoms with E-state index in [9.17, 15) is 0 Å². The molecule has 0 saturated heterocycles. The summed E-state index contributed by atoms with van der Waals surface area (Å²) in [6.45, 7) is 2.19. The van der Waals surface area contributed by atoms with Crippen molar-refractivity contribution in [2.45, 2.75) is 44.1 Å². The first-order valence-corrected chi connectivity index (χ1v) is 5.86. The van der Waals surface area contributed by atoms with Crippen molar-refractivity contribution in [2.24, 2.45) is 12.8 Å². The molecule has 0 aliphatic heterocycles. The molecule has 1 unspecified atom stereocenters. The largest absolute Gasteiger partial charge is 0.325 e. The van der Waals surface area contributed by atoms with Crippen LogP contribution in [-0.2, 0) is 7.05 Å². The maximum atomic E-state index is 6.09. The van der Waals surface area contributed by atoms with Crippen LogP contribution in [-0.4, -0.2) is 15.3 Å². The predicted molar refractivity (Wildman–Crippen MR) is 62.0 cm³/mol. The third-order valence-corrected chi connectivity index (χ3v) is 3.66. The average Bonchev–Trinajstić information content (AvgIpc) is 2.82. The van der Waals surface area contributed by atoms with E-state index in [0.29, 0.717) is 5.92 Å². The van der Waals surface area contributed by atoms with Crippen molar-refractivity contribution in [2.75, 3.05) is 0 Å². The van der Waals surface area contributed by atoms with Gasteiger partial charge in [-0.2, -0.15) is 5.10 Å². The lowest BCUT2D eigenvalue weighted by Crippen LogP contribution is -2.22. The van der Waals surface area contributed by atoms with Gasteiger partial charge in [-0.3, -0.25) is 4.68 Å². The van der Waals surface area contributed by atoms with Crippen LogP contribution in [0.2, 0.25) is 5.02 Å². The first-order chi connectivity index (χ1) is 7.02. The highest BCUT2D eigenvalue weighted by atomic mass is 35.5. The minimum Gasteiger partial charge on any atom is -0.325 e. The summed E-state index contributed by atoms with van der Waals surface area (Å²) in [5.41, 5.74) is 7.33. The first-order valence-electron chi connectivity index (χ1n) is 5.48. The molecule has 1 heterocycles. The Morgan fingerprint density at radius 1 is 1.67 bits per heavy atom. The van der Waals surface area contributed by atoms with Gasteiger partial charge in [-0.15, -0.1) is 0 Å². The Balaban J connectivity index is 1.98. The number of aromatic nitrogens is 2. The molecule has 1 aliphatic carbocycles. The van der Waals surface area contributed by atoms with Crippen molar-refractivity contribution in [3.8, 4) is 0 Å². The number of hydrogen-bond acceptors (Lipinski definition) is 2. The first kappa shape index (κ1) is 11.0. The van der Waals surface area contributed by atoms with E-state index >= 15 is 0 Å². The molecule has 2 N–H and O–H groups in total. The second-order valence-electron chi connectivity index (χ2n) is 4.80. The van der Waals surface area contributed by atoms with Gasteiger partial charge in [-0.25, -0.2) is 0 Å². The van der Waals surface area contributed by atoms with E-state index in [1.54, 1.807) is 6.20 Å². The number of rotatable bonds is 4. The molecule has 15 heavy (non-hydrogen) atoms. The number of hydrogen-bond donors (Lipinski definition) is 1. The minimum atomic E-state index is 0.138. The Kier molecular flexibility index (Phi) is 2.77. The fraction of sp³-hybridized carbons (Fsp3) is 0.727. The van der Waals surface area contributed by atoms with Gasteiger partial charge in [-0.1, -0.05) is 18.5 Å². The molecule has 1 fully saturated rings. The van der Waals surface area contributed by atoms with Crippen LogP contribution in [0.25, 0.3) is 0 Å². The van der Waals surface area contributed by atoms with Crippen LogP contribution in [0.3, 0.4) is 0 Å². The highest BCUT2D eigenvalue weighted by Crippen LogP contribution is 2.39. The van der Waals surface area contributed by atoms with Gasteiger partial charge < -0.3 is 5.73 Å². The SMILES string of the molecule is CC(CCC1(N)CC1)c1c(Cl)cnn1C. The Hall–Kier alpha value is -0.540. The van der Waals surface area contributed by atoms with E-state index < -0.39 is 0 Å². The molecule has 84 valence electrons. The van der Waals surface area contributed by atoms with Crippen molar-refractivity contribution >= 4 is 11.6 Å². The van der Waals surface area contributed by atoms with Gasteiger partial charge in [0.15, 0.2) is 0 Å². The molecule has 1 atom stereocenters. The highest BCUT2D eigenvalue weighted by Gasteiger charge is 2.37. The summed E-state index contributed by atoms with van der Waals surface area (Å²) >= 11 is 6.09. The Morgan fingerprint density at radius 3 is 2.80 bits per heavy atom. The van der Waals surface area contributed by atoms with Crippen molar-refractivity contribution in [1.29, 1.82) is 0 Å². The average molecular weight is 228 g/mol. The number of aryl methyl sites for hydroxylation is 1. The maximum absolute atomic E-state index is 6.09. The number of nitrogens with zero attached hydrogens (tertiary/aromatic N) is 2. The van der Waals surface area contributed by atoms with Crippen molar-refractivity contribution in [3.05, 3.63) is 16.9 Å². The zero-order valence-electron chi connectivity index (χ0n) is 9.33. The van der Waals surface area contributed by atoms with Gasteiger partial charge in [0.1, 0.15) is 0 Å². The van der Waals surface area contributed by atoms with Gasteiger partial charge in [0, 0.05) is 12.6 Å². The van der Waals surface area contributed by atoms with Crippen LogP contribution in [0.1, 0.15) is 44.2 Å². The zero-order valence-corrected chi connectivity index (χ0v) is 10.1. The van der Waals surface area contributed by atoms with Crippen LogP contribution in [0.4, 0.5) is 0 Å². The molecular formula is C11H18ClN3. The summed E-state index contributed by atoms with van der Waals surface area (Å²) in [6, 6.07) is 0. The molecule has 2 rings (SSSR count). The maximum Gasteiger partial charge on any atom is 0.0820 e. The molecular weight excluding hydrogens is 210 g/mol.